The number of amides is 1. The summed E-state index contributed by atoms with van der Waals surface area (Å²) >= 11 is 0. The van der Waals surface area contributed by atoms with E-state index in [1.54, 1.807) is 10.7 Å². The highest BCUT2D eigenvalue weighted by Crippen LogP contribution is 2.22. The highest BCUT2D eigenvalue weighted by molar-refractivity contribution is 6.00. The lowest BCUT2D eigenvalue weighted by molar-refractivity contribution is 0.0671. The standard InChI is InChI=1S/C15H20N4O.ClH/c16-7-6-12-4-3-8-18(11-12)15(20)13-10-17-19-9-2-1-5-14(13)19;/h1-2,5,9-10,12H,3-4,6-8,11,16H2;1H. The minimum absolute atomic E-state index is 0. The number of nitrogens with two attached hydrogens (primary N) is 1. The molecule has 0 aliphatic carbocycles. The Labute approximate surface area is 130 Å². The van der Waals surface area contributed by atoms with Gasteiger partial charge in [-0.3, -0.25) is 4.79 Å². The van der Waals surface area contributed by atoms with Crippen molar-refractivity contribution >= 4 is 23.8 Å². The fourth-order valence-electron chi connectivity index (χ4n) is 2.99. The van der Waals surface area contributed by atoms with Crippen molar-refractivity contribution in [2.24, 2.45) is 11.7 Å². The summed E-state index contributed by atoms with van der Waals surface area (Å²) in [6.07, 6.45) is 6.77. The van der Waals surface area contributed by atoms with Crippen LogP contribution in [0.4, 0.5) is 0 Å². The lowest BCUT2D eigenvalue weighted by atomic mass is 9.94. The highest BCUT2D eigenvalue weighted by atomic mass is 35.5. The quantitative estimate of drug-likeness (QED) is 0.942. The molecule has 0 saturated carbocycles. The van der Waals surface area contributed by atoms with Crippen LogP contribution < -0.4 is 5.73 Å². The zero-order valence-electron chi connectivity index (χ0n) is 11.9. The topological polar surface area (TPSA) is 63.6 Å². The van der Waals surface area contributed by atoms with Crippen LogP contribution in [0.1, 0.15) is 29.6 Å². The zero-order chi connectivity index (χ0) is 13.9. The van der Waals surface area contributed by atoms with E-state index in [9.17, 15) is 4.79 Å². The first-order valence-electron chi connectivity index (χ1n) is 7.21. The maximum Gasteiger partial charge on any atom is 0.257 e. The van der Waals surface area contributed by atoms with Gasteiger partial charge in [0.15, 0.2) is 0 Å². The second-order valence-corrected chi connectivity index (χ2v) is 5.43. The summed E-state index contributed by atoms with van der Waals surface area (Å²) in [6, 6.07) is 5.77. The number of pyridine rings is 1. The van der Waals surface area contributed by atoms with Crippen LogP contribution in [-0.2, 0) is 0 Å². The van der Waals surface area contributed by atoms with E-state index in [0.29, 0.717) is 18.0 Å². The van der Waals surface area contributed by atoms with Gasteiger partial charge in [-0.05, 0) is 43.9 Å². The van der Waals surface area contributed by atoms with Crippen molar-refractivity contribution in [1.29, 1.82) is 0 Å². The normalized spacial score (nSPS) is 18.5. The van der Waals surface area contributed by atoms with Crippen molar-refractivity contribution in [2.75, 3.05) is 19.6 Å². The van der Waals surface area contributed by atoms with Crippen LogP contribution >= 0.6 is 12.4 Å². The minimum atomic E-state index is 0. The van der Waals surface area contributed by atoms with E-state index in [2.05, 4.69) is 5.10 Å². The number of carbonyl (C=O) groups is 1. The Morgan fingerprint density at radius 1 is 1.43 bits per heavy atom. The van der Waals surface area contributed by atoms with Gasteiger partial charge in [0.2, 0.25) is 0 Å². The Kier molecular flexibility index (Phi) is 5.20. The van der Waals surface area contributed by atoms with Crippen LogP contribution in [0.3, 0.4) is 0 Å². The molecule has 6 heteroatoms. The molecule has 3 rings (SSSR count). The predicted octanol–water partition coefficient (Wildman–Crippen LogP) is 1.96. The molecule has 1 saturated heterocycles. The molecule has 1 amide bonds. The number of likely N-dealkylation sites (tertiary alicyclic amines) is 1. The molecule has 21 heavy (non-hydrogen) atoms. The molecule has 2 aromatic rings. The third-order valence-electron chi connectivity index (χ3n) is 4.04. The molecule has 3 heterocycles. The Morgan fingerprint density at radius 2 is 2.29 bits per heavy atom. The SMILES string of the molecule is Cl.NCCC1CCCN(C(=O)c2cnn3ccccc23)C1. The summed E-state index contributed by atoms with van der Waals surface area (Å²) in [6.45, 7) is 2.35. The maximum absolute atomic E-state index is 12.7. The van der Waals surface area contributed by atoms with Crippen LogP contribution in [0, 0.1) is 5.92 Å². The molecule has 1 unspecified atom stereocenters. The van der Waals surface area contributed by atoms with Gasteiger partial charge in [0, 0.05) is 19.3 Å². The molecule has 5 nitrogen and oxygen atoms in total. The van der Waals surface area contributed by atoms with Gasteiger partial charge in [0.25, 0.3) is 5.91 Å². The largest absolute Gasteiger partial charge is 0.338 e. The van der Waals surface area contributed by atoms with Gasteiger partial charge in [0.1, 0.15) is 0 Å². The molecule has 1 aliphatic heterocycles. The van der Waals surface area contributed by atoms with Crippen LogP contribution in [-0.4, -0.2) is 40.1 Å². The first kappa shape index (κ1) is 15.8. The van der Waals surface area contributed by atoms with Crippen molar-refractivity contribution in [3.05, 3.63) is 36.2 Å². The van der Waals surface area contributed by atoms with Crippen molar-refractivity contribution < 1.29 is 4.79 Å². The molecule has 1 fully saturated rings. The lowest BCUT2D eigenvalue weighted by Gasteiger charge is -2.32. The Bertz CT molecular complexity index is 610. The summed E-state index contributed by atoms with van der Waals surface area (Å²) in [5.41, 5.74) is 7.20. The summed E-state index contributed by atoms with van der Waals surface area (Å²) in [5.74, 6) is 0.632. The molecule has 114 valence electrons. The van der Waals surface area contributed by atoms with E-state index in [4.69, 9.17) is 5.73 Å². The van der Waals surface area contributed by atoms with Crippen molar-refractivity contribution in [1.82, 2.24) is 14.5 Å². The monoisotopic (exact) mass is 308 g/mol. The van der Waals surface area contributed by atoms with Gasteiger partial charge in [-0.15, -0.1) is 12.4 Å². The fraction of sp³-hybridized carbons (Fsp3) is 0.467. The summed E-state index contributed by atoms with van der Waals surface area (Å²) in [5, 5.41) is 4.24. The molecule has 0 bridgehead atoms. The number of hydrogen-bond donors (Lipinski definition) is 1. The zero-order valence-corrected chi connectivity index (χ0v) is 12.8. The highest BCUT2D eigenvalue weighted by Gasteiger charge is 2.25. The van der Waals surface area contributed by atoms with E-state index in [0.717, 1.165) is 31.4 Å². The van der Waals surface area contributed by atoms with E-state index in [1.165, 1.54) is 6.42 Å². The Morgan fingerprint density at radius 3 is 3.10 bits per heavy atom. The molecular weight excluding hydrogens is 288 g/mol. The molecule has 0 aromatic carbocycles. The number of nitrogens with zero attached hydrogens (tertiary/aromatic N) is 3. The summed E-state index contributed by atoms with van der Waals surface area (Å²) < 4.78 is 1.74. The number of fused-ring (bicyclic) bond motifs is 1. The summed E-state index contributed by atoms with van der Waals surface area (Å²) in [7, 11) is 0. The van der Waals surface area contributed by atoms with Crippen molar-refractivity contribution in [3.63, 3.8) is 0 Å². The molecule has 2 aromatic heterocycles. The van der Waals surface area contributed by atoms with E-state index in [-0.39, 0.29) is 18.3 Å². The number of halogens is 1. The average molecular weight is 309 g/mol. The van der Waals surface area contributed by atoms with Gasteiger partial charge in [0.05, 0.1) is 17.3 Å². The van der Waals surface area contributed by atoms with Crippen LogP contribution in [0.15, 0.2) is 30.6 Å². The van der Waals surface area contributed by atoms with Gasteiger partial charge in [-0.2, -0.15) is 5.10 Å². The molecule has 0 spiro atoms. The molecule has 1 aliphatic rings. The van der Waals surface area contributed by atoms with Gasteiger partial charge in [-0.1, -0.05) is 6.07 Å². The first-order valence-corrected chi connectivity index (χ1v) is 7.21. The Balaban J connectivity index is 0.00000161. The number of carbonyl (C=O) groups excluding carboxylic acids is 1. The van der Waals surface area contributed by atoms with Crippen LogP contribution in [0.5, 0.6) is 0 Å². The number of piperidine rings is 1. The smallest absolute Gasteiger partial charge is 0.257 e. The Hall–Kier alpha value is -1.59. The van der Waals surface area contributed by atoms with Gasteiger partial charge in [-0.25, -0.2) is 4.52 Å². The van der Waals surface area contributed by atoms with Gasteiger partial charge < -0.3 is 10.6 Å². The summed E-state index contributed by atoms with van der Waals surface area (Å²) in [4.78, 5) is 14.6. The van der Waals surface area contributed by atoms with Crippen molar-refractivity contribution in [3.8, 4) is 0 Å². The second kappa shape index (κ2) is 6.91. The third-order valence-corrected chi connectivity index (χ3v) is 4.04. The van der Waals surface area contributed by atoms with E-state index >= 15 is 0 Å². The van der Waals surface area contributed by atoms with Gasteiger partial charge >= 0.3 is 0 Å². The second-order valence-electron chi connectivity index (χ2n) is 5.43. The maximum atomic E-state index is 12.7. The fourth-order valence-corrected chi connectivity index (χ4v) is 2.99. The molecule has 0 radical (unpaired) electrons. The minimum Gasteiger partial charge on any atom is -0.338 e. The molecule has 1 atom stereocenters. The predicted molar refractivity (Wildman–Crippen MR) is 84.7 cm³/mol. The van der Waals surface area contributed by atoms with Crippen LogP contribution in [0.2, 0.25) is 0 Å². The lowest BCUT2D eigenvalue weighted by Crippen LogP contribution is -2.40. The van der Waals surface area contributed by atoms with E-state index < -0.39 is 0 Å². The number of hydrogen-bond acceptors (Lipinski definition) is 3. The molecule has 2 N–H and O–H groups in total. The first-order chi connectivity index (χ1) is 9.79. The number of rotatable bonds is 3. The van der Waals surface area contributed by atoms with Crippen LogP contribution in [0.25, 0.3) is 5.52 Å². The van der Waals surface area contributed by atoms with E-state index in [1.807, 2.05) is 29.3 Å². The average Bonchev–Trinajstić information content (AvgIpc) is 2.91. The number of aromatic nitrogens is 2. The van der Waals surface area contributed by atoms with Crippen molar-refractivity contribution in [2.45, 2.75) is 19.3 Å². The molecular formula is C15H21ClN4O. The third kappa shape index (κ3) is 3.19.